The summed E-state index contributed by atoms with van der Waals surface area (Å²) < 4.78 is 0. The second-order valence-corrected chi connectivity index (χ2v) is 8.44. The van der Waals surface area contributed by atoms with Crippen LogP contribution in [0.15, 0.2) is 24.8 Å². The molecule has 0 aliphatic heterocycles. The molecule has 0 bridgehead atoms. The first-order valence-corrected chi connectivity index (χ1v) is 8.70. The summed E-state index contributed by atoms with van der Waals surface area (Å²) in [6.07, 6.45) is 9.99. The Kier molecular flexibility index (Phi) is 4.46. The van der Waals surface area contributed by atoms with E-state index in [2.05, 4.69) is 33.9 Å². The number of fused-ring (bicyclic) bond motifs is 1. The molecule has 1 heteroatoms. The summed E-state index contributed by atoms with van der Waals surface area (Å²) in [6.45, 7) is 17.5. The summed E-state index contributed by atoms with van der Waals surface area (Å²) in [5, 5.41) is 10.3. The van der Waals surface area contributed by atoms with E-state index in [1.54, 1.807) is 6.08 Å². The molecule has 0 amide bonds. The standard InChI is InChI=1S/C20H34O/c1-7-18(4,21)13-11-17-15(2)10-14-19(5)16(3)9-8-12-20(17,19)6/h7,16-17,21H,1-2,8-14H2,3-6H3/t16-,17-,18+,19+,20+/m1/s1. The molecule has 120 valence electrons. The summed E-state index contributed by atoms with van der Waals surface area (Å²) >= 11 is 0. The van der Waals surface area contributed by atoms with Crippen molar-refractivity contribution in [1.82, 2.24) is 0 Å². The molecule has 2 aliphatic rings. The Morgan fingerprint density at radius 3 is 2.62 bits per heavy atom. The Morgan fingerprint density at radius 1 is 1.33 bits per heavy atom. The summed E-state index contributed by atoms with van der Waals surface area (Å²) in [6, 6.07) is 0. The molecule has 0 radical (unpaired) electrons. The van der Waals surface area contributed by atoms with E-state index < -0.39 is 5.60 Å². The van der Waals surface area contributed by atoms with Crippen LogP contribution in [0.4, 0.5) is 0 Å². The van der Waals surface area contributed by atoms with E-state index in [-0.39, 0.29) is 0 Å². The highest BCUT2D eigenvalue weighted by Crippen LogP contribution is 2.65. The van der Waals surface area contributed by atoms with Gasteiger partial charge in [-0.3, -0.25) is 0 Å². The van der Waals surface area contributed by atoms with E-state index in [4.69, 9.17) is 0 Å². The summed E-state index contributed by atoms with van der Waals surface area (Å²) in [7, 11) is 0. The average molecular weight is 290 g/mol. The van der Waals surface area contributed by atoms with Crippen molar-refractivity contribution >= 4 is 0 Å². The minimum Gasteiger partial charge on any atom is -0.386 e. The average Bonchev–Trinajstić information content (AvgIpc) is 2.42. The molecule has 21 heavy (non-hydrogen) atoms. The molecule has 0 unspecified atom stereocenters. The third kappa shape index (κ3) is 2.74. The summed E-state index contributed by atoms with van der Waals surface area (Å²) in [5.74, 6) is 1.34. The first-order chi connectivity index (χ1) is 9.66. The summed E-state index contributed by atoms with van der Waals surface area (Å²) in [5.41, 5.74) is 1.45. The lowest BCUT2D eigenvalue weighted by molar-refractivity contribution is -0.0930. The van der Waals surface area contributed by atoms with Gasteiger partial charge in [0.15, 0.2) is 0 Å². The highest BCUT2D eigenvalue weighted by Gasteiger charge is 2.56. The predicted molar refractivity (Wildman–Crippen MR) is 91.1 cm³/mol. The topological polar surface area (TPSA) is 20.2 Å². The van der Waals surface area contributed by atoms with Crippen LogP contribution in [-0.4, -0.2) is 10.7 Å². The van der Waals surface area contributed by atoms with Gasteiger partial charge in [-0.1, -0.05) is 51.8 Å². The quantitative estimate of drug-likeness (QED) is 0.678. The second-order valence-electron chi connectivity index (χ2n) is 8.44. The molecule has 5 atom stereocenters. The monoisotopic (exact) mass is 290 g/mol. The van der Waals surface area contributed by atoms with Gasteiger partial charge in [0.05, 0.1) is 5.60 Å². The van der Waals surface area contributed by atoms with Crippen LogP contribution in [0.5, 0.6) is 0 Å². The molecule has 1 nitrogen and oxygen atoms in total. The Balaban J connectivity index is 2.25. The molecule has 2 aliphatic carbocycles. The van der Waals surface area contributed by atoms with E-state index >= 15 is 0 Å². The van der Waals surface area contributed by atoms with Crippen LogP contribution in [0.3, 0.4) is 0 Å². The minimum absolute atomic E-state index is 0.344. The van der Waals surface area contributed by atoms with Crippen LogP contribution in [0.25, 0.3) is 0 Å². The van der Waals surface area contributed by atoms with Gasteiger partial charge in [0, 0.05) is 0 Å². The number of allylic oxidation sites excluding steroid dienone is 1. The summed E-state index contributed by atoms with van der Waals surface area (Å²) in [4.78, 5) is 0. The highest BCUT2D eigenvalue weighted by molar-refractivity contribution is 5.18. The van der Waals surface area contributed by atoms with Crippen molar-refractivity contribution in [3.63, 3.8) is 0 Å². The van der Waals surface area contributed by atoms with E-state index in [0.29, 0.717) is 16.7 Å². The Hall–Kier alpha value is -0.560. The van der Waals surface area contributed by atoms with Gasteiger partial charge in [-0.25, -0.2) is 0 Å². The molecular formula is C20H34O. The van der Waals surface area contributed by atoms with Crippen molar-refractivity contribution in [1.29, 1.82) is 0 Å². The third-order valence-corrected chi connectivity index (χ3v) is 7.33. The van der Waals surface area contributed by atoms with Crippen molar-refractivity contribution in [2.24, 2.45) is 22.7 Å². The van der Waals surface area contributed by atoms with E-state index in [1.807, 2.05) is 6.92 Å². The fourth-order valence-electron chi connectivity index (χ4n) is 5.15. The SMILES string of the molecule is C=C[C@](C)(O)CC[C@@H]1C(=C)CC[C@@]2(C)[C@H](C)CCC[C@@]12C. The molecule has 2 fully saturated rings. The van der Waals surface area contributed by atoms with Crippen molar-refractivity contribution in [2.45, 2.75) is 78.2 Å². The normalized spacial score (nSPS) is 43.0. The first kappa shape index (κ1) is 16.8. The second kappa shape index (κ2) is 5.57. The smallest absolute Gasteiger partial charge is 0.0797 e. The zero-order chi connectivity index (χ0) is 15.9. The minimum atomic E-state index is -0.745. The molecule has 0 aromatic rings. The van der Waals surface area contributed by atoms with Crippen molar-refractivity contribution < 1.29 is 5.11 Å². The number of hydrogen-bond acceptors (Lipinski definition) is 1. The molecule has 0 saturated heterocycles. The van der Waals surface area contributed by atoms with Crippen LogP contribution in [0.2, 0.25) is 0 Å². The molecule has 0 spiro atoms. The van der Waals surface area contributed by atoms with Gasteiger partial charge >= 0.3 is 0 Å². The maximum absolute atomic E-state index is 10.3. The Morgan fingerprint density at radius 2 is 2.00 bits per heavy atom. The van der Waals surface area contributed by atoms with Crippen LogP contribution in [0.1, 0.15) is 72.6 Å². The number of hydrogen-bond donors (Lipinski definition) is 1. The van der Waals surface area contributed by atoms with Crippen LogP contribution < -0.4 is 0 Å². The lowest BCUT2D eigenvalue weighted by atomic mass is 9.43. The van der Waals surface area contributed by atoms with Gasteiger partial charge < -0.3 is 5.11 Å². The molecule has 0 heterocycles. The molecule has 2 rings (SSSR count). The zero-order valence-corrected chi connectivity index (χ0v) is 14.5. The predicted octanol–water partition coefficient (Wildman–Crippen LogP) is 5.50. The zero-order valence-electron chi connectivity index (χ0n) is 14.5. The highest BCUT2D eigenvalue weighted by atomic mass is 16.3. The first-order valence-electron chi connectivity index (χ1n) is 8.70. The maximum Gasteiger partial charge on any atom is 0.0797 e. The number of aliphatic hydroxyl groups is 1. The van der Waals surface area contributed by atoms with Gasteiger partial charge in [0.1, 0.15) is 0 Å². The van der Waals surface area contributed by atoms with E-state index in [0.717, 1.165) is 25.2 Å². The largest absolute Gasteiger partial charge is 0.386 e. The van der Waals surface area contributed by atoms with Gasteiger partial charge in [0.2, 0.25) is 0 Å². The third-order valence-electron chi connectivity index (χ3n) is 7.33. The number of rotatable bonds is 4. The lowest BCUT2D eigenvalue weighted by Crippen LogP contribution is -2.53. The van der Waals surface area contributed by atoms with Crippen molar-refractivity contribution in [3.8, 4) is 0 Å². The van der Waals surface area contributed by atoms with Crippen molar-refractivity contribution in [3.05, 3.63) is 24.8 Å². The molecule has 1 N–H and O–H groups in total. The van der Waals surface area contributed by atoms with Gasteiger partial charge in [-0.05, 0) is 61.7 Å². The van der Waals surface area contributed by atoms with E-state index in [1.165, 1.54) is 31.3 Å². The maximum atomic E-state index is 10.3. The molecule has 0 aromatic heterocycles. The Bertz CT molecular complexity index is 422. The van der Waals surface area contributed by atoms with Crippen LogP contribution >= 0.6 is 0 Å². The van der Waals surface area contributed by atoms with Crippen molar-refractivity contribution in [2.75, 3.05) is 0 Å². The fraction of sp³-hybridized carbons (Fsp3) is 0.800. The van der Waals surface area contributed by atoms with Gasteiger partial charge in [-0.2, -0.15) is 0 Å². The van der Waals surface area contributed by atoms with Gasteiger partial charge in [0.25, 0.3) is 0 Å². The van der Waals surface area contributed by atoms with Crippen LogP contribution in [0, 0.1) is 22.7 Å². The molecule has 0 aromatic carbocycles. The van der Waals surface area contributed by atoms with E-state index in [9.17, 15) is 5.11 Å². The fourth-order valence-corrected chi connectivity index (χ4v) is 5.15. The van der Waals surface area contributed by atoms with Gasteiger partial charge in [-0.15, -0.1) is 6.58 Å². The van der Waals surface area contributed by atoms with Crippen LogP contribution in [-0.2, 0) is 0 Å². The molecule has 2 saturated carbocycles. The Labute approximate surface area is 131 Å². The molecular weight excluding hydrogens is 256 g/mol. The lowest BCUT2D eigenvalue weighted by Gasteiger charge is -2.61.